The molecule has 0 atom stereocenters. The van der Waals surface area contributed by atoms with E-state index in [0.717, 1.165) is 22.7 Å². The van der Waals surface area contributed by atoms with E-state index in [2.05, 4.69) is 5.32 Å². The molecule has 3 aromatic carbocycles. The summed E-state index contributed by atoms with van der Waals surface area (Å²) in [6, 6.07) is 15.7. The summed E-state index contributed by atoms with van der Waals surface area (Å²) in [7, 11) is 0. The van der Waals surface area contributed by atoms with Crippen molar-refractivity contribution in [2.75, 3.05) is 10.2 Å². The molecule has 0 fully saturated rings. The van der Waals surface area contributed by atoms with Crippen molar-refractivity contribution >= 4 is 58.2 Å². The highest BCUT2D eigenvalue weighted by atomic mass is 35.5. The van der Waals surface area contributed by atoms with Crippen molar-refractivity contribution in [1.29, 1.82) is 0 Å². The van der Waals surface area contributed by atoms with Crippen molar-refractivity contribution in [1.82, 2.24) is 0 Å². The number of amides is 2. The van der Waals surface area contributed by atoms with Crippen LogP contribution in [0.4, 0.5) is 20.2 Å². The third-order valence-corrected chi connectivity index (χ3v) is 5.98. The largest absolute Gasteiger partial charge is 0.350 e. The Bertz CT molecular complexity index is 1150. The molecular weight excluding hydrogens is 465 g/mol. The minimum Gasteiger partial charge on any atom is -0.350 e. The number of imide groups is 1. The lowest BCUT2D eigenvalue weighted by Gasteiger charge is -2.15. The van der Waals surface area contributed by atoms with E-state index in [4.69, 9.17) is 23.2 Å². The normalized spacial score (nSPS) is 13.9. The van der Waals surface area contributed by atoms with E-state index in [1.807, 2.05) is 0 Å². The number of nitrogens with zero attached hydrogens (tertiary/aromatic N) is 1. The molecule has 2 amide bonds. The first-order valence-electron chi connectivity index (χ1n) is 8.87. The number of thioether (sulfide) groups is 1. The van der Waals surface area contributed by atoms with Gasteiger partial charge in [-0.2, -0.15) is 0 Å². The summed E-state index contributed by atoms with van der Waals surface area (Å²) >= 11 is 12.8. The second-order valence-corrected chi connectivity index (χ2v) is 8.36. The molecule has 0 saturated heterocycles. The van der Waals surface area contributed by atoms with Crippen LogP contribution in [-0.4, -0.2) is 11.8 Å². The van der Waals surface area contributed by atoms with E-state index >= 15 is 0 Å². The maximum absolute atomic E-state index is 13.6. The van der Waals surface area contributed by atoms with Crippen LogP contribution in [0.2, 0.25) is 10.0 Å². The molecule has 0 bridgehead atoms. The van der Waals surface area contributed by atoms with Gasteiger partial charge in [-0.1, -0.05) is 35.0 Å². The number of carbonyl (C=O) groups is 2. The monoisotopic (exact) mass is 476 g/mol. The van der Waals surface area contributed by atoms with Crippen molar-refractivity contribution in [3.8, 4) is 0 Å². The van der Waals surface area contributed by atoms with E-state index in [1.165, 1.54) is 36.4 Å². The van der Waals surface area contributed by atoms with Crippen molar-refractivity contribution < 1.29 is 18.4 Å². The average molecular weight is 477 g/mol. The van der Waals surface area contributed by atoms with Crippen molar-refractivity contribution in [2.24, 2.45) is 0 Å². The van der Waals surface area contributed by atoms with Gasteiger partial charge in [0.15, 0.2) is 0 Å². The quantitative estimate of drug-likeness (QED) is 0.441. The summed E-state index contributed by atoms with van der Waals surface area (Å²) in [6.07, 6.45) is 0. The van der Waals surface area contributed by atoms with E-state index in [-0.39, 0.29) is 21.3 Å². The molecule has 0 unspecified atom stereocenters. The molecule has 156 valence electrons. The lowest BCUT2D eigenvalue weighted by Crippen LogP contribution is -2.32. The molecule has 3 aromatic rings. The van der Waals surface area contributed by atoms with Crippen molar-refractivity contribution in [2.45, 2.75) is 4.90 Å². The molecule has 4 rings (SSSR count). The summed E-state index contributed by atoms with van der Waals surface area (Å²) in [4.78, 5) is 28.1. The van der Waals surface area contributed by atoms with Crippen LogP contribution in [0, 0.1) is 11.6 Å². The fourth-order valence-electron chi connectivity index (χ4n) is 2.87. The Labute approximate surface area is 190 Å². The molecule has 1 heterocycles. The van der Waals surface area contributed by atoms with Gasteiger partial charge in [-0.3, -0.25) is 9.59 Å². The Hall–Kier alpha value is -2.87. The van der Waals surface area contributed by atoms with Crippen molar-refractivity contribution in [3.05, 3.63) is 99.0 Å². The Kier molecular flexibility index (Phi) is 6.00. The lowest BCUT2D eigenvalue weighted by atomic mass is 10.2. The molecule has 0 saturated carbocycles. The Morgan fingerprint density at radius 3 is 2.16 bits per heavy atom. The smallest absolute Gasteiger partial charge is 0.283 e. The van der Waals surface area contributed by atoms with Crippen LogP contribution >= 0.6 is 35.0 Å². The highest BCUT2D eigenvalue weighted by Crippen LogP contribution is 2.38. The minimum atomic E-state index is -0.669. The highest BCUT2D eigenvalue weighted by Gasteiger charge is 2.40. The molecule has 0 aliphatic carbocycles. The molecule has 0 spiro atoms. The van der Waals surface area contributed by atoms with E-state index in [0.29, 0.717) is 15.6 Å². The van der Waals surface area contributed by atoms with Gasteiger partial charge in [0.1, 0.15) is 22.2 Å². The Morgan fingerprint density at radius 1 is 0.839 bits per heavy atom. The first-order valence-corrected chi connectivity index (χ1v) is 10.4. The van der Waals surface area contributed by atoms with Gasteiger partial charge < -0.3 is 5.32 Å². The van der Waals surface area contributed by atoms with E-state index in [1.54, 1.807) is 24.3 Å². The standard InChI is InChI=1S/C22H12Cl2F2N2O2S/c23-12-1-8-16(9-2-12)31-20-19(27-14-5-3-13(25)4-6-14)21(29)28(22(20)30)15-7-10-18(26)17(24)11-15/h1-11,27H. The summed E-state index contributed by atoms with van der Waals surface area (Å²) < 4.78 is 26.8. The number of carbonyl (C=O) groups excluding carboxylic acids is 2. The number of halogens is 4. The topological polar surface area (TPSA) is 49.4 Å². The molecule has 0 aromatic heterocycles. The van der Waals surface area contributed by atoms with Crippen LogP contribution < -0.4 is 10.2 Å². The van der Waals surface area contributed by atoms with Gasteiger partial charge in [0, 0.05) is 15.6 Å². The predicted octanol–water partition coefficient (Wildman–Crippen LogP) is 6.26. The summed E-state index contributed by atoms with van der Waals surface area (Å²) in [5.74, 6) is -2.35. The van der Waals surface area contributed by atoms with Crippen LogP contribution in [0.15, 0.2) is 82.2 Å². The van der Waals surface area contributed by atoms with Crippen molar-refractivity contribution in [3.63, 3.8) is 0 Å². The second-order valence-electron chi connectivity index (χ2n) is 6.44. The molecule has 9 heteroatoms. The number of nitrogens with one attached hydrogen (secondary N) is 1. The Balaban J connectivity index is 1.74. The number of hydrogen-bond donors (Lipinski definition) is 1. The molecule has 1 aliphatic rings. The highest BCUT2D eigenvalue weighted by molar-refractivity contribution is 8.04. The minimum absolute atomic E-state index is 0.0111. The van der Waals surface area contributed by atoms with Gasteiger partial charge in [-0.15, -0.1) is 0 Å². The maximum Gasteiger partial charge on any atom is 0.283 e. The van der Waals surface area contributed by atoms with Gasteiger partial charge in [0.2, 0.25) is 0 Å². The fraction of sp³-hybridized carbons (Fsp3) is 0. The molecular formula is C22H12Cl2F2N2O2S. The fourth-order valence-corrected chi connectivity index (χ4v) is 4.10. The van der Waals surface area contributed by atoms with Gasteiger partial charge in [-0.25, -0.2) is 13.7 Å². The van der Waals surface area contributed by atoms with Crippen LogP contribution in [0.3, 0.4) is 0 Å². The second kappa shape index (κ2) is 8.70. The zero-order valence-corrected chi connectivity index (χ0v) is 17.9. The summed E-state index contributed by atoms with van der Waals surface area (Å²) in [6.45, 7) is 0. The van der Waals surface area contributed by atoms with Crippen LogP contribution in [0.1, 0.15) is 0 Å². The number of anilines is 2. The van der Waals surface area contributed by atoms with Crippen LogP contribution in [0.5, 0.6) is 0 Å². The number of rotatable bonds is 5. The van der Waals surface area contributed by atoms with E-state index in [9.17, 15) is 18.4 Å². The van der Waals surface area contributed by atoms with Gasteiger partial charge in [0.05, 0.1) is 10.7 Å². The van der Waals surface area contributed by atoms with Gasteiger partial charge in [-0.05, 0) is 66.7 Å². The zero-order valence-electron chi connectivity index (χ0n) is 15.5. The maximum atomic E-state index is 13.6. The van der Waals surface area contributed by atoms with Crippen LogP contribution in [0.25, 0.3) is 0 Å². The molecule has 4 nitrogen and oxygen atoms in total. The molecule has 1 aliphatic heterocycles. The molecule has 0 radical (unpaired) electrons. The molecule has 31 heavy (non-hydrogen) atoms. The third kappa shape index (κ3) is 4.44. The predicted molar refractivity (Wildman–Crippen MR) is 118 cm³/mol. The first-order chi connectivity index (χ1) is 14.8. The van der Waals surface area contributed by atoms with Gasteiger partial charge in [0.25, 0.3) is 11.8 Å². The zero-order chi connectivity index (χ0) is 22.1. The van der Waals surface area contributed by atoms with Gasteiger partial charge >= 0.3 is 0 Å². The average Bonchev–Trinajstić information content (AvgIpc) is 2.97. The Morgan fingerprint density at radius 2 is 1.52 bits per heavy atom. The summed E-state index contributed by atoms with van der Waals surface area (Å²) in [5, 5.41) is 3.21. The van der Waals surface area contributed by atoms with Crippen LogP contribution in [-0.2, 0) is 9.59 Å². The first kappa shape index (κ1) is 21.4. The lowest BCUT2D eigenvalue weighted by molar-refractivity contribution is -0.120. The SMILES string of the molecule is O=C1C(Nc2ccc(F)cc2)=C(Sc2ccc(Cl)cc2)C(=O)N1c1ccc(F)c(Cl)c1. The number of benzene rings is 3. The number of hydrogen-bond acceptors (Lipinski definition) is 4. The summed E-state index contributed by atoms with van der Waals surface area (Å²) in [5.41, 5.74) is 0.564. The molecule has 1 N–H and O–H groups in total. The van der Waals surface area contributed by atoms with E-state index < -0.39 is 23.4 Å². The third-order valence-electron chi connectivity index (χ3n) is 4.35.